The van der Waals surface area contributed by atoms with E-state index in [1.165, 1.54) is 12.1 Å². The van der Waals surface area contributed by atoms with Gasteiger partial charge in [0.15, 0.2) is 0 Å². The Kier molecular flexibility index (Phi) is 4.73. The first-order valence-corrected chi connectivity index (χ1v) is 7.77. The number of nitrogens with zero attached hydrogens (tertiary/aromatic N) is 1. The molecule has 2 aliphatic heterocycles. The van der Waals surface area contributed by atoms with Crippen LogP contribution in [0.3, 0.4) is 0 Å². The van der Waals surface area contributed by atoms with Crippen LogP contribution in [0.2, 0.25) is 0 Å². The van der Waals surface area contributed by atoms with E-state index >= 15 is 0 Å². The minimum atomic E-state index is -0.291. The Morgan fingerprint density at radius 2 is 1.96 bits per heavy atom. The number of hydrogen-bond acceptors (Lipinski definition) is 3. The zero-order valence-corrected chi connectivity index (χ0v) is 13.8. The number of piperazine rings is 1. The molecule has 1 unspecified atom stereocenters. The molecule has 6 heteroatoms. The monoisotopic (exact) mass is 348 g/mol. The number of nitrogens with one attached hydrogen (secondary N) is 1. The van der Waals surface area contributed by atoms with Gasteiger partial charge in [-0.3, -0.25) is 4.79 Å². The van der Waals surface area contributed by atoms with Gasteiger partial charge in [0.1, 0.15) is 18.2 Å². The van der Waals surface area contributed by atoms with Crippen LogP contribution in [-0.4, -0.2) is 43.1 Å². The largest absolute Gasteiger partial charge is 0.491 e. The summed E-state index contributed by atoms with van der Waals surface area (Å²) in [6, 6.07) is 11.8. The van der Waals surface area contributed by atoms with Crippen LogP contribution in [0.15, 0.2) is 42.5 Å². The van der Waals surface area contributed by atoms with Crippen molar-refractivity contribution in [3.05, 3.63) is 53.8 Å². The number of ether oxygens (including phenoxy) is 1. The van der Waals surface area contributed by atoms with E-state index in [1.807, 2.05) is 23.1 Å². The van der Waals surface area contributed by atoms with Crippen molar-refractivity contribution in [1.29, 1.82) is 0 Å². The average Bonchev–Trinajstić information content (AvgIpc) is 2.73. The molecule has 1 amide bonds. The fourth-order valence-corrected chi connectivity index (χ4v) is 3.25. The second-order valence-corrected chi connectivity index (χ2v) is 5.85. The smallest absolute Gasteiger partial charge is 0.258 e. The van der Waals surface area contributed by atoms with Gasteiger partial charge in [0.2, 0.25) is 0 Å². The van der Waals surface area contributed by atoms with Crippen LogP contribution in [0.25, 0.3) is 11.1 Å². The summed E-state index contributed by atoms with van der Waals surface area (Å²) in [5, 5.41) is 3.30. The molecule has 1 fully saturated rings. The molecule has 4 nitrogen and oxygen atoms in total. The van der Waals surface area contributed by atoms with Gasteiger partial charge < -0.3 is 15.0 Å². The number of carbonyl (C=O) groups is 1. The quantitative estimate of drug-likeness (QED) is 0.861. The molecule has 2 aromatic carbocycles. The lowest BCUT2D eigenvalue weighted by atomic mass is 9.97. The second-order valence-electron chi connectivity index (χ2n) is 5.85. The number of rotatable bonds is 1. The molecule has 0 bridgehead atoms. The molecular formula is C18H18ClFN2O2. The van der Waals surface area contributed by atoms with Crippen molar-refractivity contribution >= 4 is 18.3 Å². The topological polar surface area (TPSA) is 41.6 Å². The first-order chi connectivity index (χ1) is 11.2. The van der Waals surface area contributed by atoms with Crippen LogP contribution < -0.4 is 10.1 Å². The van der Waals surface area contributed by atoms with E-state index in [-0.39, 0.29) is 30.2 Å². The maximum absolute atomic E-state index is 13.2. The maximum Gasteiger partial charge on any atom is 0.258 e. The lowest BCUT2D eigenvalue weighted by molar-refractivity contribution is 0.0607. The van der Waals surface area contributed by atoms with Crippen molar-refractivity contribution < 1.29 is 13.9 Å². The van der Waals surface area contributed by atoms with Crippen LogP contribution in [0, 0.1) is 5.82 Å². The number of hydrogen-bond donors (Lipinski definition) is 1. The van der Waals surface area contributed by atoms with Crippen molar-refractivity contribution in [2.24, 2.45) is 0 Å². The van der Waals surface area contributed by atoms with Crippen molar-refractivity contribution in [3.63, 3.8) is 0 Å². The molecule has 24 heavy (non-hydrogen) atoms. The van der Waals surface area contributed by atoms with Crippen molar-refractivity contribution in [2.75, 3.05) is 26.2 Å². The summed E-state index contributed by atoms with van der Waals surface area (Å²) in [6.45, 7) is 2.69. The second kappa shape index (κ2) is 6.79. The van der Waals surface area contributed by atoms with E-state index in [0.717, 1.165) is 24.2 Å². The Hall–Kier alpha value is -2.11. The summed E-state index contributed by atoms with van der Waals surface area (Å²) < 4.78 is 19.1. The highest BCUT2D eigenvalue weighted by Gasteiger charge is 2.34. The Morgan fingerprint density at radius 1 is 1.17 bits per heavy atom. The van der Waals surface area contributed by atoms with Gasteiger partial charge in [0.05, 0.1) is 11.6 Å². The number of amides is 1. The molecule has 2 aliphatic rings. The summed E-state index contributed by atoms with van der Waals surface area (Å²) in [5.74, 6) is 0.302. The molecule has 0 spiro atoms. The molecule has 1 N–H and O–H groups in total. The number of halogens is 2. The van der Waals surface area contributed by atoms with E-state index in [9.17, 15) is 9.18 Å². The van der Waals surface area contributed by atoms with Gasteiger partial charge in [-0.15, -0.1) is 12.4 Å². The highest BCUT2D eigenvalue weighted by molar-refractivity contribution is 6.04. The first kappa shape index (κ1) is 16.7. The average molecular weight is 349 g/mol. The van der Waals surface area contributed by atoms with Gasteiger partial charge in [-0.2, -0.15) is 0 Å². The van der Waals surface area contributed by atoms with E-state index in [4.69, 9.17) is 4.74 Å². The Balaban J connectivity index is 0.00000169. The summed E-state index contributed by atoms with van der Waals surface area (Å²) in [7, 11) is 0. The molecule has 4 rings (SSSR count). The van der Waals surface area contributed by atoms with Crippen LogP contribution in [0.4, 0.5) is 4.39 Å². The highest BCUT2D eigenvalue weighted by atomic mass is 35.5. The molecule has 0 radical (unpaired) electrons. The lowest BCUT2D eigenvalue weighted by Crippen LogP contribution is -2.54. The molecule has 1 atom stereocenters. The molecule has 2 aromatic rings. The molecular weight excluding hydrogens is 331 g/mol. The summed E-state index contributed by atoms with van der Waals surface area (Å²) >= 11 is 0. The van der Waals surface area contributed by atoms with Gasteiger partial charge in [-0.25, -0.2) is 4.39 Å². The van der Waals surface area contributed by atoms with E-state index in [1.54, 1.807) is 12.1 Å². The van der Waals surface area contributed by atoms with E-state index in [0.29, 0.717) is 24.5 Å². The third-order valence-electron chi connectivity index (χ3n) is 4.44. The summed E-state index contributed by atoms with van der Waals surface area (Å²) in [4.78, 5) is 15.0. The predicted molar refractivity (Wildman–Crippen MR) is 92.3 cm³/mol. The van der Waals surface area contributed by atoms with Crippen LogP contribution in [-0.2, 0) is 0 Å². The van der Waals surface area contributed by atoms with Crippen molar-refractivity contribution in [1.82, 2.24) is 10.2 Å². The standard InChI is InChI=1S/C18H17FN2O2.ClH/c19-13-6-4-12(5-7-13)15-2-1-3-16-17(15)18(22)21-9-8-20-10-14(21)11-23-16;/h1-7,14,20H,8-11H2;1H. The van der Waals surface area contributed by atoms with Gasteiger partial charge in [-0.1, -0.05) is 24.3 Å². The molecule has 0 aliphatic carbocycles. The normalized spacial score (nSPS) is 19.5. The molecule has 0 saturated carbocycles. The third kappa shape index (κ3) is 2.85. The molecule has 2 heterocycles. The van der Waals surface area contributed by atoms with Crippen LogP contribution in [0.1, 0.15) is 10.4 Å². The fourth-order valence-electron chi connectivity index (χ4n) is 3.25. The van der Waals surface area contributed by atoms with Crippen LogP contribution in [0.5, 0.6) is 5.75 Å². The number of fused-ring (bicyclic) bond motifs is 2. The summed E-state index contributed by atoms with van der Waals surface area (Å²) in [6.07, 6.45) is 0. The van der Waals surface area contributed by atoms with Gasteiger partial charge in [0, 0.05) is 19.6 Å². The lowest BCUT2D eigenvalue weighted by Gasteiger charge is -2.34. The Bertz CT molecular complexity index is 751. The number of carbonyl (C=O) groups excluding carboxylic acids is 1. The maximum atomic E-state index is 13.2. The molecule has 1 saturated heterocycles. The first-order valence-electron chi connectivity index (χ1n) is 7.77. The van der Waals surface area contributed by atoms with Crippen molar-refractivity contribution in [2.45, 2.75) is 6.04 Å². The zero-order valence-electron chi connectivity index (χ0n) is 13.0. The SMILES string of the molecule is Cl.O=C1c2c(cccc2-c2ccc(F)cc2)OCC2CNCCN12. The molecule has 0 aromatic heterocycles. The zero-order chi connectivity index (χ0) is 15.8. The minimum Gasteiger partial charge on any atom is -0.491 e. The minimum absolute atomic E-state index is 0. The Labute approximate surface area is 146 Å². The van der Waals surface area contributed by atoms with E-state index < -0.39 is 0 Å². The fraction of sp³-hybridized carbons (Fsp3) is 0.278. The van der Waals surface area contributed by atoms with Gasteiger partial charge in [-0.05, 0) is 29.3 Å². The third-order valence-corrected chi connectivity index (χ3v) is 4.44. The van der Waals surface area contributed by atoms with Crippen molar-refractivity contribution in [3.8, 4) is 16.9 Å². The van der Waals surface area contributed by atoms with Crippen LogP contribution >= 0.6 is 12.4 Å². The predicted octanol–water partition coefficient (Wildman–Crippen LogP) is 2.72. The number of benzene rings is 2. The van der Waals surface area contributed by atoms with Gasteiger partial charge >= 0.3 is 0 Å². The molecule has 126 valence electrons. The Morgan fingerprint density at radius 3 is 2.75 bits per heavy atom. The van der Waals surface area contributed by atoms with Gasteiger partial charge in [0.25, 0.3) is 5.91 Å². The van der Waals surface area contributed by atoms with E-state index in [2.05, 4.69) is 5.32 Å². The summed E-state index contributed by atoms with van der Waals surface area (Å²) in [5.41, 5.74) is 2.17. The highest BCUT2D eigenvalue weighted by Crippen LogP contribution is 2.34.